The second-order valence-corrected chi connectivity index (χ2v) is 6.95. The van der Waals surface area contributed by atoms with Crippen LogP contribution in [0.2, 0.25) is 0 Å². The van der Waals surface area contributed by atoms with Gasteiger partial charge in [0.05, 0.1) is 23.8 Å². The van der Waals surface area contributed by atoms with E-state index in [9.17, 15) is 13.5 Å². The fourth-order valence-corrected chi connectivity index (χ4v) is 2.68. The molecule has 6 heteroatoms. The Kier molecular flexibility index (Phi) is 5.05. The van der Waals surface area contributed by atoms with Crippen molar-refractivity contribution in [3.05, 3.63) is 54.1 Å². The lowest BCUT2D eigenvalue weighted by Crippen LogP contribution is -2.12. The van der Waals surface area contributed by atoms with Crippen molar-refractivity contribution in [2.45, 2.75) is 11.0 Å². The second-order valence-electron chi connectivity index (χ2n) is 4.94. The minimum atomic E-state index is -3.22. The van der Waals surface area contributed by atoms with Crippen molar-refractivity contribution in [3.8, 4) is 5.75 Å². The monoisotopic (exact) mass is 321 g/mol. The molecule has 2 N–H and O–H groups in total. The molecule has 2 rings (SSSR count). The summed E-state index contributed by atoms with van der Waals surface area (Å²) in [5, 5.41) is 13.3. The highest BCUT2D eigenvalue weighted by Gasteiger charge is 2.11. The number of para-hydroxylation sites is 2. The van der Waals surface area contributed by atoms with Crippen LogP contribution >= 0.6 is 0 Å². The maximum atomic E-state index is 11.4. The highest BCUT2D eigenvalue weighted by molar-refractivity contribution is 7.90. The van der Waals surface area contributed by atoms with E-state index in [1.165, 1.54) is 12.1 Å². The summed E-state index contributed by atoms with van der Waals surface area (Å²) in [4.78, 5) is 0.237. The number of benzene rings is 2. The van der Waals surface area contributed by atoms with Gasteiger partial charge in [-0.25, -0.2) is 8.42 Å². The van der Waals surface area contributed by atoms with E-state index < -0.39 is 15.9 Å². The molecule has 0 saturated carbocycles. The molecule has 0 amide bonds. The summed E-state index contributed by atoms with van der Waals surface area (Å²) >= 11 is 0. The zero-order valence-corrected chi connectivity index (χ0v) is 13.3. The first kappa shape index (κ1) is 16.3. The number of aliphatic hydroxyl groups is 1. The van der Waals surface area contributed by atoms with Crippen molar-refractivity contribution < 1.29 is 18.3 Å². The molecule has 2 aromatic carbocycles. The normalized spacial score (nSPS) is 12.7. The number of hydrogen-bond acceptors (Lipinski definition) is 5. The lowest BCUT2D eigenvalue weighted by atomic mass is 10.1. The van der Waals surface area contributed by atoms with Gasteiger partial charge in [0.25, 0.3) is 0 Å². The molecule has 0 heterocycles. The number of hydrogen-bond donors (Lipinski definition) is 2. The van der Waals surface area contributed by atoms with Gasteiger partial charge in [-0.05, 0) is 29.8 Å². The Labute approximate surface area is 130 Å². The van der Waals surface area contributed by atoms with Gasteiger partial charge < -0.3 is 15.2 Å². The van der Waals surface area contributed by atoms with Gasteiger partial charge in [-0.15, -0.1) is 0 Å². The first-order valence-corrected chi connectivity index (χ1v) is 8.66. The van der Waals surface area contributed by atoms with Crippen LogP contribution in [0.25, 0.3) is 0 Å². The molecule has 0 spiro atoms. The van der Waals surface area contributed by atoms with Crippen LogP contribution in [0.15, 0.2) is 53.4 Å². The summed E-state index contributed by atoms with van der Waals surface area (Å²) in [5.74, 6) is 0.696. The Morgan fingerprint density at radius 1 is 1.14 bits per heavy atom. The van der Waals surface area contributed by atoms with Gasteiger partial charge in [0, 0.05) is 12.8 Å². The fourth-order valence-electron chi connectivity index (χ4n) is 2.05. The number of methoxy groups -OCH3 is 1. The summed E-state index contributed by atoms with van der Waals surface area (Å²) in [6.07, 6.45) is 0.403. The van der Waals surface area contributed by atoms with E-state index in [0.29, 0.717) is 17.9 Å². The maximum Gasteiger partial charge on any atom is 0.175 e. The van der Waals surface area contributed by atoms with Crippen LogP contribution in [0.4, 0.5) is 5.69 Å². The Hall–Kier alpha value is -2.05. The topological polar surface area (TPSA) is 75.6 Å². The average Bonchev–Trinajstić information content (AvgIpc) is 2.52. The molecule has 1 atom stereocenters. The Bertz CT molecular complexity index is 726. The second kappa shape index (κ2) is 6.81. The molecule has 0 aliphatic carbocycles. The number of rotatable bonds is 6. The van der Waals surface area contributed by atoms with E-state index in [1.807, 2.05) is 24.3 Å². The van der Waals surface area contributed by atoms with Crippen molar-refractivity contribution >= 4 is 15.5 Å². The van der Waals surface area contributed by atoms with E-state index in [4.69, 9.17) is 4.74 Å². The van der Waals surface area contributed by atoms with Crippen LogP contribution in [0, 0.1) is 0 Å². The van der Waals surface area contributed by atoms with Crippen LogP contribution < -0.4 is 10.1 Å². The van der Waals surface area contributed by atoms with Crippen molar-refractivity contribution in [2.75, 3.05) is 25.2 Å². The predicted molar refractivity (Wildman–Crippen MR) is 86.0 cm³/mol. The highest BCUT2D eigenvalue weighted by Crippen LogP contribution is 2.24. The Morgan fingerprint density at radius 2 is 1.77 bits per heavy atom. The summed E-state index contributed by atoms with van der Waals surface area (Å²) in [6.45, 7) is 0.290. The van der Waals surface area contributed by atoms with Crippen molar-refractivity contribution in [2.24, 2.45) is 0 Å². The van der Waals surface area contributed by atoms with E-state index in [0.717, 1.165) is 11.9 Å². The molecule has 0 aromatic heterocycles. The molecule has 0 aliphatic rings. The van der Waals surface area contributed by atoms with E-state index in [2.05, 4.69) is 5.32 Å². The minimum absolute atomic E-state index is 0.237. The third-order valence-corrected chi connectivity index (χ3v) is 4.41. The zero-order valence-electron chi connectivity index (χ0n) is 12.5. The van der Waals surface area contributed by atoms with Gasteiger partial charge in [-0.3, -0.25) is 0 Å². The summed E-state index contributed by atoms with van der Waals surface area (Å²) in [7, 11) is -1.64. The Morgan fingerprint density at radius 3 is 2.36 bits per heavy atom. The number of nitrogens with one attached hydrogen (secondary N) is 1. The quantitative estimate of drug-likeness (QED) is 0.853. The number of aliphatic hydroxyl groups excluding tert-OH is 1. The average molecular weight is 321 g/mol. The first-order valence-electron chi connectivity index (χ1n) is 6.77. The summed E-state index contributed by atoms with van der Waals surface area (Å²) in [5.41, 5.74) is 1.44. The van der Waals surface area contributed by atoms with Gasteiger partial charge >= 0.3 is 0 Å². The molecular formula is C16H19NO4S. The molecule has 22 heavy (non-hydrogen) atoms. The molecule has 0 aliphatic heterocycles. The van der Waals surface area contributed by atoms with E-state index in [-0.39, 0.29) is 4.90 Å². The summed E-state index contributed by atoms with van der Waals surface area (Å²) in [6, 6.07) is 13.7. The largest absolute Gasteiger partial charge is 0.495 e. The number of sulfone groups is 1. The zero-order chi connectivity index (χ0) is 16.2. The molecule has 0 bridgehead atoms. The third-order valence-electron chi connectivity index (χ3n) is 3.29. The van der Waals surface area contributed by atoms with Crippen LogP contribution in [-0.2, 0) is 9.84 Å². The molecular weight excluding hydrogens is 302 g/mol. The Balaban J connectivity index is 2.05. The standard InChI is InChI=1S/C16H19NO4S/c1-21-16-6-4-3-5-14(16)17-11-15(18)12-7-9-13(10-8-12)22(2,19)20/h3-10,15,17-18H,11H2,1-2H3. The molecule has 0 radical (unpaired) electrons. The van der Waals surface area contributed by atoms with Gasteiger partial charge in [0.1, 0.15) is 5.75 Å². The lowest BCUT2D eigenvalue weighted by Gasteiger charge is -2.15. The van der Waals surface area contributed by atoms with E-state index >= 15 is 0 Å². The molecule has 2 aromatic rings. The smallest absolute Gasteiger partial charge is 0.175 e. The SMILES string of the molecule is COc1ccccc1NCC(O)c1ccc(S(C)(=O)=O)cc1. The molecule has 1 unspecified atom stereocenters. The maximum absolute atomic E-state index is 11.4. The van der Waals surface area contributed by atoms with Crippen LogP contribution in [0.1, 0.15) is 11.7 Å². The predicted octanol–water partition coefficient (Wildman–Crippen LogP) is 2.24. The summed E-state index contributed by atoms with van der Waals surface area (Å²) < 4.78 is 28.0. The van der Waals surface area contributed by atoms with Gasteiger partial charge in [-0.1, -0.05) is 24.3 Å². The van der Waals surface area contributed by atoms with Gasteiger partial charge in [0.15, 0.2) is 9.84 Å². The van der Waals surface area contributed by atoms with Gasteiger partial charge in [-0.2, -0.15) is 0 Å². The van der Waals surface area contributed by atoms with Crippen molar-refractivity contribution in [1.82, 2.24) is 0 Å². The third kappa shape index (κ3) is 3.99. The molecule has 118 valence electrons. The van der Waals surface area contributed by atoms with Crippen LogP contribution in [0.5, 0.6) is 5.75 Å². The van der Waals surface area contributed by atoms with Crippen molar-refractivity contribution in [3.63, 3.8) is 0 Å². The first-order chi connectivity index (χ1) is 10.4. The molecule has 0 fully saturated rings. The lowest BCUT2D eigenvalue weighted by molar-refractivity contribution is 0.191. The number of ether oxygens (including phenoxy) is 1. The molecule has 5 nitrogen and oxygen atoms in total. The highest BCUT2D eigenvalue weighted by atomic mass is 32.2. The van der Waals surface area contributed by atoms with E-state index in [1.54, 1.807) is 19.2 Å². The van der Waals surface area contributed by atoms with Crippen LogP contribution in [0.3, 0.4) is 0 Å². The number of anilines is 1. The van der Waals surface area contributed by atoms with Crippen molar-refractivity contribution in [1.29, 1.82) is 0 Å². The fraction of sp³-hybridized carbons (Fsp3) is 0.250. The molecule has 0 saturated heterocycles. The minimum Gasteiger partial charge on any atom is -0.495 e. The van der Waals surface area contributed by atoms with Gasteiger partial charge in [0.2, 0.25) is 0 Å². The van der Waals surface area contributed by atoms with Crippen LogP contribution in [-0.4, -0.2) is 33.4 Å².